The van der Waals surface area contributed by atoms with E-state index in [9.17, 15) is 9.59 Å². The lowest BCUT2D eigenvalue weighted by molar-refractivity contribution is -0.119. The third kappa shape index (κ3) is 3.42. The summed E-state index contributed by atoms with van der Waals surface area (Å²) in [5.74, 6) is 1.03. The van der Waals surface area contributed by atoms with Crippen LogP contribution in [0.2, 0.25) is 0 Å². The van der Waals surface area contributed by atoms with Crippen molar-refractivity contribution in [1.82, 2.24) is 5.32 Å². The highest BCUT2D eigenvalue weighted by atomic mass is 32.2. The summed E-state index contributed by atoms with van der Waals surface area (Å²) in [6.45, 7) is 0.731. The number of benzene rings is 1. The summed E-state index contributed by atoms with van der Waals surface area (Å²) in [6, 6.07) is 7.27. The van der Waals surface area contributed by atoms with Crippen LogP contribution >= 0.6 is 24.0 Å². The molecule has 0 aliphatic carbocycles. The smallest absolute Gasteiger partial charge is 0.255 e. The second-order valence-corrected chi connectivity index (χ2v) is 7.35. The van der Waals surface area contributed by atoms with E-state index in [4.69, 9.17) is 12.2 Å². The molecule has 1 aromatic carbocycles. The highest BCUT2D eigenvalue weighted by Crippen LogP contribution is 2.28. The van der Waals surface area contributed by atoms with Crippen molar-refractivity contribution in [3.05, 3.63) is 24.3 Å². The molecule has 0 saturated carbocycles. The Kier molecular flexibility index (Phi) is 5.40. The number of hydrogen-bond donors (Lipinski definition) is 1. The van der Waals surface area contributed by atoms with Crippen molar-refractivity contribution in [1.29, 1.82) is 0 Å². The molecule has 0 radical (unpaired) electrons. The number of anilines is 2. The quantitative estimate of drug-likeness (QED) is 0.815. The van der Waals surface area contributed by atoms with Crippen LogP contribution in [0.15, 0.2) is 24.3 Å². The van der Waals surface area contributed by atoms with Crippen LogP contribution in [0.3, 0.4) is 0 Å². The van der Waals surface area contributed by atoms with Gasteiger partial charge in [0.1, 0.15) is 6.04 Å². The Morgan fingerprint density at radius 3 is 2.83 bits per heavy atom. The first-order chi connectivity index (χ1) is 11.6. The van der Waals surface area contributed by atoms with E-state index < -0.39 is 0 Å². The number of rotatable bonds is 5. The van der Waals surface area contributed by atoms with Gasteiger partial charge in [0.15, 0.2) is 5.11 Å². The molecule has 2 heterocycles. The molecule has 2 aliphatic rings. The monoisotopic (exact) mass is 363 g/mol. The number of amides is 2. The van der Waals surface area contributed by atoms with Crippen molar-refractivity contribution in [3.8, 4) is 0 Å². The van der Waals surface area contributed by atoms with E-state index in [0.29, 0.717) is 11.5 Å². The lowest BCUT2D eigenvalue weighted by Crippen LogP contribution is -2.35. The molecule has 0 unspecified atom stereocenters. The number of thioether (sulfide) groups is 1. The first-order valence-corrected chi connectivity index (χ1v) is 9.96. The Labute approximate surface area is 151 Å². The summed E-state index contributed by atoms with van der Waals surface area (Å²) in [4.78, 5) is 28.1. The van der Waals surface area contributed by atoms with Crippen LogP contribution in [0, 0.1) is 0 Å². The van der Waals surface area contributed by atoms with Crippen LogP contribution in [0.5, 0.6) is 0 Å². The van der Waals surface area contributed by atoms with Crippen molar-refractivity contribution in [3.63, 3.8) is 0 Å². The fourth-order valence-electron chi connectivity index (χ4n) is 3.09. The molecule has 3 rings (SSSR count). The average Bonchev–Trinajstić information content (AvgIpc) is 2.87. The second-order valence-electron chi connectivity index (χ2n) is 5.98. The number of piperidine rings is 1. The molecule has 2 aliphatic heterocycles. The molecule has 1 N–H and O–H groups in total. The van der Waals surface area contributed by atoms with Gasteiger partial charge in [-0.2, -0.15) is 11.8 Å². The molecule has 2 amide bonds. The SMILES string of the molecule is CSCC[C@@H]1NC(=S)N(c2cccc(N3CCCCC3=O)c2)C1=O. The van der Waals surface area contributed by atoms with Crippen molar-refractivity contribution < 1.29 is 9.59 Å². The van der Waals surface area contributed by atoms with Gasteiger partial charge in [-0.1, -0.05) is 6.07 Å². The molecule has 2 saturated heterocycles. The van der Waals surface area contributed by atoms with E-state index in [1.807, 2.05) is 30.5 Å². The highest BCUT2D eigenvalue weighted by Gasteiger charge is 2.36. The molecular weight excluding hydrogens is 342 g/mol. The zero-order chi connectivity index (χ0) is 17.1. The molecule has 0 aromatic heterocycles. The maximum absolute atomic E-state index is 12.7. The number of thiocarbonyl (C=S) groups is 1. The van der Waals surface area contributed by atoms with E-state index in [1.54, 1.807) is 21.6 Å². The van der Waals surface area contributed by atoms with E-state index in [2.05, 4.69) is 5.32 Å². The average molecular weight is 364 g/mol. The maximum atomic E-state index is 12.7. The van der Waals surface area contributed by atoms with Gasteiger partial charge in [0.25, 0.3) is 5.91 Å². The Morgan fingerprint density at radius 1 is 1.29 bits per heavy atom. The summed E-state index contributed by atoms with van der Waals surface area (Å²) < 4.78 is 0. The van der Waals surface area contributed by atoms with Crippen LogP contribution in [-0.2, 0) is 9.59 Å². The van der Waals surface area contributed by atoms with Gasteiger partial charge >= 0.3 is 0 Å². The summed E-state index contributed by atoms with van der Waals surface area (Å²) >= 11 is 7.07. The van der Waals surface area contributed by atoms with Crippen molar-refractivity contribution in [2.24, 2.45) is 0 Å². The Hall–Kier alpha value is -1.60. The standard InChI is InChI=1S/C17H21N3O2S2/c1-24-10-8-14-16(22)20(17(23)18-14)13-6-4-5-12(11-13)19-9-3-2-7-15(19)21/h4-6,11,14H,2-3,7-10H2,1H3,(H,18,23)/t14-/m0/s1. The third-order valence-corrected chi connectivity index (χ3v) is 5.30. The van der Waals surface area contributed by atoms with Crippen LogP contribution < -0.4 is 15.1 Å². The number of hydrogen-bond acceptors (Lipinski definition) is 4. The molecule has 0 bridgehead atoms. The minimum atomic E-state index is -0.259. The minimum Gasteiger partial charge on any atom is -0.350 e. The predicted molar refractivity (Wildman–Crippen MR) is 103 cm³/mol. The fraction of sp³-hybridized carbons (Fsp3) is 0.471. The molecule has 24 heavy (non-hydrogen) atoms. The molecule has 2 fully saturated rings. The maximum Gasteiger partial charge on any atom is 0.255 e. The van der Waals surface area contributed by atoms with Gasteiger partial charge in [-0.3, -0.25) is 14.5 Å². The van der Waals surface area contributed by atoms with Gasteiger partial charge in [-0.05, 0) is 61.7 Å². The Bertz CT molecular complexity index is 665. The Morgan fingerprint density at radius 2 is 2.08 bits per heavy atom. The van der Waals surface area contributed by atoms with Gasteiger partial charge in [0, 0.05) is 18.7 Å². The van der Waals surface area contributed by atoms with Crippen molar-refractivity contribution in [2.45, 2.75) is 31.7 Å². The first kappa shape index (κ1) is 17.2. The lowest BCUT2D eigenvalue weighted by Gasteiger charge is -2.27. The Balaban J connectivity index is 1.82. The molecule has 1 atom stereocenters. The zero-order valence-corrected chi connectivity index (χ0v) is 15.3. The summed E-state index contributed by atoms with van der Waals surface area (Å²) in [6.07, 6.45) is 5.32. The number of carbonyl (C=O) groups excluding carboxylic acids is 2. The molecular formula is C17H21N3O2S2. The van der Waals surface area contributed by atoms with Gasteiger partial charge in [-0.15, -0.1) is 0 Å². The van der Waals surface area contributed by atoms with E-state index >= 15 is 0 Å². The summed E-state index contributed by atoms with van der Waals surface area (Å²) in [5, 5.41) is 3.55. The van der Waals surface area contributed by atoms with Crippen LogP contribution in [0.1, 0.15) is 25.7 Å². The first-order valence-electron chi connectivity index (χ1n) is 8.15. The number of nitrogens with zero attached hydrogens (tertiary/aromatic N) is 2. The van der Waals surface area contributed by atoms with Gasteiger partial charge < -0.3 is 10.2 Å². The molecule has 5 nitrogen and oxygen atoms in total. The molecule has 1 aromatic rings. The number of nitrogens with one attached hydrogen (secondary N) is 1. The normalized spacial score (nSPS) is 21.4. The van der Waals surface area contributed by atoms with Gasteiger partial charge in [0.2, 0.25) is 5.91 Å². The van der Waals surface area contributed by atoms with Gasteiger partial charge in [-0.25, -0.2) is 0 Å². The minimum absolute atomic E-state index is 0.0174. The largest absolute Gasteiger partial charge is 0.350 e. The van der Waals surface area contributed by atoms with Crippen molar-refractivity contribution in [2.75, 3.05) is 28.4 Å². The summed E-state index contributed by atoms with van der Waals surface area (Å²) in [5.41, 5.74) is 1.56. The topological polar surface area (TPSA) is 52.6 Å². The van der Waals surface area contributed by atoms with E-state index in [-0.39, 0.29) is 17.9 Å². The lowest BCUT2D eigenvalue weighted by atomic mass is 10.1. The van der Waals surface area contributed by atoms with Crippen molar-refractivity contribution >= 4 is 52.3 Å². The van der Waals surface area contributed by atoms with Gasteiger partial charge in [0.05, 0.1) is 5.69 Å². The molecule has 7 heteroatoms. The van der Waals surface area contributed by atoms with Crippen LogP contribution in [0.4, 0.5) is 11.4 Å². The van der Waals surface area contributed by atoms with Crippen LogP contribution in [0.25, 0.3) is 0 Å². The highest BCUT2D eigenvalue weighted by molar-refractivity contribution is 7.98. The molecule has 128 valence electrons. The fourth-order valence-corrected chi connectivity index (χ4v) is 3.90. The second kappa shape index (κ2) is 7.53. The zero-order valence-electron chi connectivity index (χ0n) is 13.7. The van der Waals surface area contributed by atoms with E-state index in [0.717, 1.165) is 42.9 Å². The third-order valence-electron chi connectivity index (χ3n) is 4.35. The predicted octanol–water partition coefficient (Wildman–Crippen LogP) is 2.55. The summed E-state index contributed by atoms with van der Waals surface area (Å²) in [7, 11) is 0. The molecule has 0 spiro atoms. The van der Waals surface area contributed by atoms with Crippen LogP contribution in [-0.4, -0.2) is 41.5 Å². The number of carbonyl (C=O) groups is 2. The van der Waals surface area contributed by atoms with E-state index in [1.165, 1.54) is 0 Å².